The highest BCUT2D eigenvalue weighted by atomic mass is 31.2. The van der Waals surface area contributed by atoms with Gasteiger partial charge in [0, 0.05) is 7.05 Å². The predicted octanol–water partition coefficient (Wildman–Crippen LogP) is 3.24. The Kier molecular flexibility index (Phi) is 5.52. The summed E-state index contributed by atoms with van der Waals surface area (Å²) in [5, 5.41) is 8.06. The average molecular weight is 373 g/mol. The van der Waals surface area contributed by atoms with Gasteiger partial charge in [-0.2, -0.15) is 4.67 Å². The van der Waals surface area contributed by atoms with Gasteiger partial charge in [-0.25, -0.2) is 4.57 Å². The number of benzene rings is 2. The largest absolute Gasteiger partial charge is 0.445 e. The molecule has 2 aromatic carbocycles. The van der Waals surface area contributed by atoms with Gasteiger partial charge in [-0.15, -0.1) is 0 Å². The van der Waals surface area contributed by atoms with Crippen molar-refractivity contribution in [1.29, 1.82) is 5.41 Å². The molecule has 0 bridgehead atoms. The van der Waals surface area contributed by atoms with Gasteiger partial charge in [0.15, 0.2) is 0 Å². The quantitative estimate of drug-likeness (QED) is 0.754. The molecule has 0 atom stereocenters. The highest BCUT2D eigenvalue weighted by Gasteiger charge is 2.46. The van der Waals surface area contributed by atoms with Gasteiger partial charge in [-0.3, -0.25) is 19.3 Å². The molecule has 0 unspecified atom stereocenters. The van der Waals surface area contributed by atoms with Crippen LogP contribution in [0, 0.1) is 5.41 Å². The van der Waals surface area contributed by atoms with E-state index in [4.69, 9.17) is 14.5 Å². The number of nitrogens with one attached hydrogen (secondary N) is 1. The molecule has 136 valence electrons. The van der Waals surface area contributed by atoms with Crippen LogP contribution in [-0.4, -0.2) is 35.0 Å². The second-order valence-electron chi connectivity index (χ2n) is 5.87. The summed E-state index contributed by atoms with van der Waals surface area (Å²) in [7, 11) is -2.45. The van der Waals surface area contributed by atoms with E-state index in [2.05, 4.69) is 0 Å². The minimum atomic E-state index is -4.03. The molecule has 1 N–H and O–H groups in total. The van der Waals surface area contributed by atoms with Crippen LogP contribution in [0.3, 0.4) is 0 Å². The standard InChI is InChI=1S/C18H20N3O4P/c1-20-12-17(22)21(18(20)19)26(23,24-13-15-8-4-2-5-9-15)25-14-16-10-6-3-7-11-16/h2-11,19H,12-14H2,1H3. The molecule has 1 fully saturated rings. The van der Waals surface area contributed by atoms with Crippen molar-refractivity contribution >= 4 is 19.6 Å². The molecule has 2 aromatic rings. The topological polar surface area (TPSA) is 82.9 Å². The van der Waals surface area contributed by atoms with Crippen molar-refractivity contribution in [3.8, 4) is 0 Å². The van der Waals surface area contributed by atoms with Crippen molar-refractivity contribution in [2.45, 2.75) is 13.2 Å². The van der Waals surface area contributed by atoms with Crippen molar-refractivity contribution in [3.63, 3.8) is 0 Å². The van der Waals surface area contributed by atoms with Crippen molar-refractivity contribution in [3.05, 3.63) is 71.8 Å². The number of hydrogen-bond donors (Lipinski definition) is 1. The fourth-order valence-electron chi connectivity index (χ4n) is 2.49. The molecular weight excluding hydrogens is 353 g/mol. The molecule has 8 heteroatoms. The zero-order valence-corrected chi connectivity index (χ0v) is 15.3. The van der Waals surface area contributed by atoms with Crippen LogP contribution in [0.1, 0.15) is 11.1 Å². The van der Waals surface area contributed by atoms with Gasteiger partial charge in [0.05, 0.1) is 13.2 Å². The Morgan fingerprint density at radius 2 is 1.42 bits per heavy atom. The summed E-state index contributed by atoms with van der Waals surface area (Å²) in [6, 6.07) is 18.4. The van der Waals surface area contributed by atoms with Gasteiger partial charge in [0.1, 0.15) is 6.54 Å². The summed E-state index contributed by atoms with van der Waals surface area (Å²) in [6.07, 6.45) is 0. The van der Waals surface area contributed by atoms with Crippen LogP contribution in [0.15, 0.2) is 60.7 Å². The molecule has 0 aliphatic carbocycles. The van der Waals surface area contributed by atoms with E-state index >= 15 is 0 Å². The van der Waals surface area contributed by atoms with E-state index < -0.39 is 13.7 Å². The molecule has 1 amide bonds. The lowest BCUT2D eigenvalue weighted by molar-refractivity contribution is -0.122. The number of likely N-dealkylation sites (N-methyl/N-ethyl adjacent to an activating group) is 1. The molecule has 1 aliphatic rings. The first-order chi connectivity index (χ1) is 12.5. The van der Waals surface area contributed by atoms with Gasteiger partial charge in [-0.05, 0) is 11.1 Å². The van der Waals surface area contributed by atoms with Crippen molar-refractivity contribution in [1.82, 2.24) is 9.57 Å². The molecule has 0 radical (unpaired) electrons. The molecule has 0 aromatic heterocycles. The lowest BCUT2D eigenvalue weighted by Crippen LogP contribution is -2.31. The fourth-order valence-corrected chi connectivity index (χ4v) is 4.14. The second kappa shape index (κ2) is 7.83. The summed E-state index contributed by atoms with van der Waals surface area (Å²) >= 11 is 0. The van der Waals surface area contributed by atoms with Crippen molar-refractivity contribution in [2.24, 2.45) is 0 Å². The van der Waals surface area contributed by atoms with Gasteiger partial charge in [-0.1, -0.05) is 60.7 Å². The van der Waals surface area contributed by atoms with Crippen LogP contribution < -0.4 is 0 Å². The van der Waals surface area contributed by atoms with Crippen LogP contribution in [0.2, 0.25) is 0 Å². The highest BCUT2D eigenvalue weighted by molar-refractivity contribution is 7.53. The molecule has 7 nitrogen and oxygen atoms in total. The van der Waals surface area contributed by atoms with Gasteiger partial charge in [0.2, 0.25) is 5.96 Å². The maximum absolute atomic E-state index is 13.4. The Morgan fingerprint density at radius 3 is 1.81 bits per heavy atom. The van der Waals surface area contributed by atoms with E-state index in [-0.39, 0.29) is 25.7 Å². The lowest BCUT2D eigenvalue weighted by atomic mass is 10.2. The van der Waals surface area contributed by atoms with Crippen LogP contribution >= 0.6 is 7.75 Å². The van der Waals surface area contributed by atoms with Crippen molar-refractivity contribution in [2.75, 3.05) is 13.6 Å². The Labute approximate surface area is 152 Å². The fraction of sp³-hybridized carbons (Fsp3) is 0.222. The average Bonchev–Trinajstić information content (AvgIpc) is 2.92. The third kappa shape index (κ3) is 4.02. The highest BCUT2D eigenvalue weighted by Crippen LogP contribution is 2.54. The number of hydrogen-bond acceptors (Lipinski definition) is 5. The van der Waals surface area contributed by atoms with E-state index in [1.54, 1.807) is 7.05 Å². The monoisotopic (exact) mass is 373 g/mol. The van der Waals surface area contributed by atoms with Gasteiger partial charge in [0.25, 0.3) is 5.91 Å². The van der Waals surface area contributed by atoms with Crippen LogP contribution in [0.5, 0.6) is 0 Å². The number of carbonyl (C=O) groups excluding carboxylic acids is 1. The number of nitrogens with zero attached hydrogens (tertiary/aromatic N) is 2. The normalized spacial score (nSPS) is 15.0. The lowest BCUT2D eigenvalue weighted by Gasteiger charge is -2.26. The van der Waals surface area contributed by atoms with Gasteiger partial charge >= 0.3 is 7.75 Å². The van der Waals surface area contributed by atoms with Crippen molar-refractivity contribution < 1.29 is 18.4 Å². The summed E-state index contributed by atoms with van der Waals surface area (Å²) < 4.78 is 25.4. The minimum Gasteiger partial charge on any atom is -0.336 e. The van der Waals surface area contributed by atoms with Crippen LogP contribution in [0.25, 0.3) is 0 Å². The smallest absolute Gasteiger partial charge is 0.336 e. The summed E-state index contributed by atoms with van der Waals surface area (Å²) in [5.74, 6) is -0.679. The SMILES string of the molecule is CN1CC(=O)N(P(=O)(OCc2ccccc2)OCc2ccccc2)C1=N. The Hall–Kier alpha value is -2.47. The van der Waals surface area contributed by atoms with E-state index in [0.717, 1.165) is 15.8 Å². The first-order valence-electron chi connectivity index (χ1n) is 8.10. The summed E-state index contributed by atoms with van der Waals surface area (Å²) in [6.45, 7) is -0.0203. The molecule has 1 heterocycles. The molecule has 0 spiro atoms. The third-order valence-corrected chi connectivity index (χ3v) is 5.70. The molecule has 0 saturated carbocycles. The zero-order chi connectivity index (χ0) is 18.6. The van der Waals surface area contributed by atoms with Crippen LogP contribution in [0.4, 0.5) is 0 Å². The molecule has 1 aliphatic heterocycles. The Bertz CT molecular complexity index is 781. The number of rotatable bonds is 7. The van der Waals surface area contributed by atoms with E-state index in [9.17, 15) is 9.36 Å². The third-order valence-electron chi connectivity index (χ3n) is 3.89. The summed E-state index contributed by atoms with van der Waals surface area (Å²) in [4.78, 5) is 13.7. The van der Waals surface area contributed by atoms with Crippen LogP contribution in [-0.2, 0) is 31.6 Å². The van der Waals surface area contributed by atoms with E-state index in [1.165, 1.54) is 4.90 Å². The van der Waals surface area contributed by atoms with Gasteiger partial charge < -0.3 is 4.90 Å². The molecule has 1 saturated heterocycles. The summed E-state index contributed by atoms with van der Waals surface area (Å²) in [5.41, 5.74) is 1.59. The molecular formula is C18H20N3O4P. The number of amides is 1. The maximum atomic E-state index is 13.4. The zero-order valence-electron chi connectivity index (χ0n) is 14.4. The first kappa shape index (κ1) is 18.3. The Morgan fingerprint density at radius 1 is 0.962 bits per heavy atom. The second-order valence-corrected chi connectivity index (χ2v) is 7.73. The van der Waals surface area contributed by atoms with E-state index in [0.29, 0.717) is 0 Å². The predicted molar refractivity (Wildman–Crippen MR) is 97.3 cm³/mol. The maximum Gasteiger partial charge on any atom is 0.445 e. The number of carbonyl (C=O) groups is 1. The number of guanidine groups is 1. The van der Waals surface area contributed by atoms with E-state index in [1.807, 2.05) is 60.7 Å². The molecule has 3 rings (SSSR count). The minimum absolute atomic E-state index is 0.00762. The first-order valence-corrected chi connectivity index (χ1v) is 9.59. The molecule has 26 heavy (non-hydrogen) atoms. The Balaban J connectivity index is 1.81.